The Kier molecular flexibility index (Phi) is 4.81. The lowest BCUT2D eigenvalue weighted by molar-refractivity contribution is -0.142. The van der Waals surface area contributed by atoms with Crippen molar-refractivity contribution in [2.24, 2.45) is 0 Å². The summed E-state index contributed by atoms with van der Waals surface area (Å²) in [6.07, 6.45) is 0. The number of nitrogens with one attached hydrogen (secondary N) is 2. The van der Waals surface area contributed by atoms with Crippen molar-refractivity contribution in [1.29, 1.82) is 0 Å². The van der Waals surface area contributed by atoms with Gasteiger partial charge in [0.05, 0.1) is 18.1 Å². The second kappa shape index (κ2) is 6.58. The van der Waals surface area contributed by atoms with Crippen LogP contribution in [0, 0.1) is 0 Å². The average Bonchev–Trinajstić information content (AvgIpc) is 2.85. The highest BCUT2D eigenvalue weighted by atomic mass is 32.2. The first-order valence-electron chi connectivity index (χ1n) is 6.13. The molecule has 102 valence electrons. The molecule has 0 aliphatic carbocycles. The number of hydrogen-bond donors (Lipinski definition) is 2. The van der Waals surface area contributed by atoms with Crippen molar-refractivity contribution in [1.82, 2.24) is 15.3 Å². The van der Waals surface area contributed by atoms with E-state index in [9.17, 15) is 4.79 Å². The van der Waals surface area contributed by atoms with E-state index in [2.05, 4.69) is 15.3 Å². The van der Waals surface area contributed by atoms with Gasteiger partial charge in [-0.2, -0.15) is 0 Å². The van der Waals surface area contributed by atoms with Gasteiger partial charge < -0.3 is 15.0 Å². The number of benzene rings is 1. The van der Waals surface area contributed by atoms with Crippen molar-refractivity contribution in [3.8, 4) is 0 Å². The summed E-state index contributed by atoms with van der Waals surface area (Å²) in [6.45, 7) is 2.68. The van der Waals surface area contributed by atoms with Gasteiger partial charge in [-0.05, 0) is 18.7 Å². The Morgan fingerprint density at radius 2 is 2.32 bits per heavy atom. The van der Waals surface area contributed by atoms with Crippen LogP contribution in [-0.2, 0) is 9.53 Å². The van der Waals surface area contributed by atoms with Gasteiger partial charge in [0.1, 0.15) is 6.04 Å². The Hall–Kier alpha value is -1.53. The molecule has 0 aliphatic heterocycles. The van der Waals surface area contributed by atoms with Crippen molar-refractivity contribution in [3.63, 3.8) is 0 Å². The number of likely N-dealkylation sites (N-methyl/N-ethyl adjacent to an activating group) is 1. The van der Waals surface area contributed by atoms with E-state index in [1.54, 1.807) is 0 Å². The molecule has 2 N–H and O–H groups in total. The standard InChI is InChI=1S/C13H17N3O2S/c1-3-14-11(12(17)18-2)8-19-13-15-9-6-4-5-7-10(9)16-13/h4-7,11,14H,3,8H2,1-2H3,(H,15,16). The van der Waals surface area contributed by atoms with Gasteiger partial charge in [-0.15, -0.1) is 0 Å². The number of para-hydroxylation sites is 2. The smallest absolute Gasteiger partial charge is 0.323 e. The number of imidazole rings is 1. The lowest BCUT2D eigenvalue weighted by atomic mass is 10.3. The van der Waals surface area contributed by atoms with Gasteiger partial charge in [0.15, 0.2) is 5.16 Å². The Balaban J connectivity index is 2.01. The maximum absolute atomic E-state index is 11.6. The fourth-order valence-electron chi connectivity index (χ4n) is 1.76. The lowest BCUT2D eigenvalue weighted by Crippen LogP contribution is -2.39. The maximum Gasteiger partial charge on any atom is 0.323 e. The third kappa shape index (κ3) is 3.48. The molecule has 0 bridgehead atoms. The first kappa shape index (κ1) is 13.9. The number of aromatic amines is 1. The lowest BCUT2D eigenvalue weighted by Gasteiger charge is -2.13. The number of fused-ring (bicyclic) bond motifs is 1. The number of thioether (sulfide) groups is 1. The molecule has 0 amide bonds. The van der Waals surface area contributed by atoms with Crippen LogP contribution in [0.25, 0.3) is 11.0 Å². The van der Waals surface area contributed by atoms with Crippen molar-refractivity contribution in [3.05, 3.63) is 24.3 Å². The molecule has 0 saturated carbocycles. The molecule has 0 aliphatic rings. The Labute approximate surface area is 116 Å². The maximum atomic E-state index is 11.6. The van der Waals surface area contributed by atoms with Gasteiger partial charge in [0.2, 0.25) is 0 Å². The van der Waals surface area contributed by atoms with Crippen molar-refractivity contribution in [2.75, 3.05) is 19.4 Å². The van der Waals surface area contributed by atoms with Crippen molar-refractivity contribution >= 4 is 28.8 Å². The summed E-state index contributed by atoms with van der Waals surface area (Å²) in [7, 11) is 1.40. The summed E-state index contributed by atoms with van der Waals surface area (Å²) >= 11 is 1.51. The molecule has 0 radical (unpaired) electrons. The number of ether oxygens (including phenoxy) is 1. The molecule has 0 fully saturated rings. The topological polar surface area (TPSA) is 67.0 Å². The molecular weight excluding hydrogens is 262 g/mol. The summed E-state index contributed by atoms with van der Waals surface area (Å²) in [4.78, 5) is 19.2. The van der Waals surface area contributed by atoms with E-state index in [0.717, 1.165) is 22.7 Å². The highest BCUT2D eigenvalue weighted by Crippen LogP contribution is 2.19. The van der Waals surface area contributed by atoms with E-state index in [0.29, 0.717) is 5.75 Å². The largest absolute Gasteiger partial charge is 0.468 e. The van der Waals surface area contributed by atoms with Crippen LogP contribution in [0.4, 0.5) is 0 Å². The summed E-state index contributed by atoms with van der Waals surface area (Å²) in [5.74, 6) is 0.339. The molecule has 2 rings (SSSR count). The van der Waals surface area contributed by atoms with Crippen LogP contribution in [0.1, 0.15) is 6.92 Å². The molecule has 5 nitrogen and oxygen atoms in total. The van der Waals surface area contributed by atoms with Crippen LogP contribution in [0.15, 0.2) is 29.4 Å². The van der Waals surface area contributed by atoms with E-state index < -0.39 is 0 Å². The fourth-order valence-corrected chi connectivity index (χ4v) is 2.68. The van der Waals surface area contributed by atoms with Crippen molar-refractivity contribution < 1.29 is 9.53 Å². The molecule has 19 heavy (non-hydrogen) atoms. The predicted octanol–water partition coefficient (Wildman–Crippen LogP) is 1.81. The van der Waals surface area contributed by atoms with E-state index >= 15 is 0 Å². The van der Waals surface area contributed by atoms with Gasteiger partial charge in [-0.25, -0.2) is 4.98 Å². The number of H-pyrrole nitrogens is 1. The predicted molar refractivity (Wildman–Crippen MR) is 76.3 cm³/mol. The normalized spacial score (nSPS) is 12.5. The van der Waals surface area contributed by atoms with Gasteiger partial charge in [-0.1, -0.05) is 30.8 Å². The molecule has 0 spiro atoms. The van der Waals surface area contributed by atoms with Crippen LogP contribution in [0.3, 0.4) is 0 Å². The molecule has 0 saturated heterocycles. The number of carbonyl (C=O) groups is 1. The zero-order valence-electron chi connectivity index (χ0n) is 11.0. The first-order valence-corrected chi connectivity index (χ1v) is 7.12. The van der Waals surface area contributed by atoms with Crippen LogP contribution in [0.2, 0.25) is 0 Å². The molecule has 2 aromatic rings. The summed E-state index contributed by atoms with van der Waals surface area (Å²) in [5.41, 5.74) is 1.94. The van der Waals surface area contributed by atoms with Gasteiger partial charge in [0, 0.05) is 5.75 Å². The third-order valence-electron chi connectivity index (χ3n) is 2.69. The molecule has 1 aromatic carbocycles. The Morgan fingerprint density at radius 1 is 1.53 bits per heavy atom. The van der Waals surface area contributed by atoms with E-state index in [1.165, 1.54) is 18.9 Å². The Morgan fingerprint density at radius 3 is 3.00 bits per heavy atom. The number of hydrogen-bond acceptors (Lipinski definition) is 5. The minimum atomic E-state index is -0.312. The second-order valence-electron chi connectivity index (χ2n) is 4.00. The molecule has 1 aromatic heterocycles. The minimum Gasteiger partial charge on any atom is -0.468 e. The summed E-state index contributed by atoms with van der Waals surface area (Å²) in [5, 5.41) is 3.91. The van der Waals surface area contributed by atoms with E-state index in [-0.39, 0.29) is 12.0 Å². The first-order chi connectivity index (χ1) is 9.24. The van der Waals surface area contributed by atoms with Gasteiger partial charge in [0.25, 0.3) is 0 Å². The average molecular weight is 279 g/mol. The van der Waals surface area contributed by atoms with Crippen molar-refractivity contribution in [2.45, 2.75) is 18.1 Å². The quantitative estimate of drug-likeness (QED) is 0.623. The fraction of sp³-hybridized carbons (Fsp3) is 0.385. The third-order valence-corrected chi connectivity index (χ3v) is 3.66. The zero-order chi connectivity index (χ0) is 13.7. The van der Waals surface area contributed by atoms with Crippen LogP contribution in [0.5, 0.6) is 0 Å². The van der Waals surface area contributed by atoms with Gasteiger partial charge >= 0.3 is 5.97 Å². The number of esters is 1. The second-order valence-corrected chi connectivity index (χ2v) is 5.01. The highest BCUT2D eigenvalue weighted by Gasteiger charge is 2.18. The number of nitrogens with zero attached hydrogens (tertiary/aromatic N) is 1. The van der Waals surface area contributed by atoms with E-state index in [1.807, 2.05) is 31.2 Å². The SMILES string of the molecule is CCNC(CSc1nc2ccccc2[nH]1)C(=O)OC. The monoisotopic (exact) mass is 279 g/mol. The molecule has 6 heteroatoms. The molecule has 1 heterocycles. The molecule has 1 atom stereocenters. The van der Waals surface area contributed by atoms with Crippen LogP contribution < -0.4 is 5.32 Å². The zero-order valence-corrected chi connectivity index (χ0v) is 11.8. The number of carbonyl (C=O) groups excluding carboxylic acids is 1. The molecular formula is C13H17N3O2S. The number of aromatic nitrogens is 2. The number of rotatable bonds is 6. The minimum absolute atomic E-state index is 0.245. The Bertz CT molecular complexity index is 523. The van der Waals surface area contributed by atoms with Crippen LogP contribution >= 0.6 is 11.8 Å². The van der Waals surface area contributed by atoms with E-state index in [4.69, 9.17) is 4.74 Å². The summed E-state index contributed by atoms with van der Waals surface area (Å²) < 4.78 is 4.77. The molecule has 1 unspecified atom stereocenters. The van der Waals surface area contributed by atoms with Crippen LogP contribution in [-0.4, -0.2) is 41.4 Å². The highest BCUT2D eigenvalue weighted by molar-refractivity contribution is 7.99. The number of methoxy groups -OCH3 is 1. The summed E-state index contributed by atoms with van der Waals surface area (Å²) in [6, 6.07) is 7.54. The van der Waals surface area contributed by atoms with Gasteiger partial charge in [-0.3, -0.25) is 4.79 Å².